The molecule has 0 aliphatic rings. The number of aromatic hydroxyl groups is 1. The molecule has 0 bridgehead atoms. The summed E-state index contributed by atoms with van der Waals surface area (Å²) in [7, 11) is 0. The van der Waals surface area contributed by atoms with E-state index in [4.69, 9.17) is 4.42 Å². The summed E-state index contributed by atoms with van der Waals surface area (Å²) in [6, 6.07) is 7.80. The molecule has 0 fully saturated rings. The largest absolute Gasteiger partial charge is 0.506 e. The highest BCUT2D eigenvalue weighted by Crippen LogP contribution is 2.43. The van der Waals surface area contributed by atoms with Gasteiger partial charge >= 0.3 is 0 Å². The van der Waals surface area contributed by atoms with Crippen LogP contribution >= 0.6 is 0 Å². The summed E-state index contributed by atoms with van der Waals surface area (Å²) >= 11 is 0. The van der Waals surface area contributed by atoms with E-state index in [2.05, 4.69) is 35.2 Å². The Morgan fingerprint density at radius 3 is 2.42 bits per heavy atom. The fraction of sp³-hybridized carbons (Fsp3) is 0.360. The van der Waals surface area contributed by atoms with Crippen molar-refractivity contribution in [3.05, 3.63) is 47.9 Å². The lowest BCUT2D eigenvalue weighted by Gasteiger charge is -2.19. The van der Waals surface area contributed by atoms with Crippen molar-refractivity contribution in [3.63, 3.8) is 0 Å². The topological polar surface area (TPSA) is 71.5 Å². The fourth-order valence-electron chi connectivity index (χ4n) is 4.57. The Hall–Kier alpha value is -3.12. The van der Waals surface area contributed by atoms with Crippen molar-refractivity contribution in [1.29, 1.82) is 0 Å². The highest BCUT2D eigenvalue weighted by Gasteiger charge is 2.23. The van der Waals surface area contributed by atoms with Crippen LogP contribution in [0.15, 0.2) is 41.1 Å². The van der Waals surface area contributed by atoms with Gasteiger partial charge in [0.05, 0.1) is 22.7 Å². The number of benzene rings is 2. The Morgan fingerprint density at radius 2 is 1.81 bits per heavy atom. The van der Waals surface area contributed by atoms with E-state index in [1.54, 1.807) is 13.1 Å². The third-order valence-corrected chi connectivity index (χ3v) is 6.21. The molecule has 0 aliphatic carbocycles. The maximum absolute atomic E-state index is 12.3. The first kappa shape index (κ1) is 21.1. The number of fused-ring (bicyclic) bond motifs is 3. The van der Waals surface area contributed by atoms with E-state index in [1.165, 1.54) is 6.26 Å². The lowest BCUT2D eigenvalue weighted by atomic mass is 9.95. The normalized spacial score (nSPS) is 11.8. The minimum atomic E-state index is 0.0335. The lowest BCUT2D eigenvalue weighted by molar-refractivity contribution is 0.101. The quantitative estimate of drug-likeness (QED) is 0.394. The summed E-state index contributed by atoms with van der Waals surface area (Å²) in [6.45, 7) is 11.7. The van der Waals surface area contributed by atoms with Crippen molar-refractivity contribution in [1.82, 2.24) is 14.5 Å². The molecule has 162 valence electrons. The SMILES string of the molecule is CCc1c(C(C)=O)ccc2c1c1c(O)c(-c3ncco3)ccc1n2CCN(CC)CC. The first-order valence-corrected chi connectivity index (χ1v) is 10.9. The molecule has 0 radical (unpaired) electrons. The van der Waals surface area contributed by atoms with Gasteiger partial charge in [0.2, 0.25) is 5.89 Å². The zero-order chi connectivity index (χ0) is 22.1. The summed E-state index contributed by atoms with van der Waals surface area (Å²) < 4.78 is 7.71. The average Bonchev–Trinajstić information content (AvgIpc) is 3.41. The summed E-state index contributed by atoms with van der Waals surface area (Å²) in [4.78, 5) is 18.9. The number of likely N-dealkylation sites (N-methyl/N-ethyl adjacent to an activating group) is 1. The molecule has 0 amide bonds. The van der Waals surface area contributed by atoms with E-state index in [1.807, 2.05) is 24.3 Å². The van der Waals surface area contributed by atoms with Gasteiger partial charge in [0.1, 0.15) is 12.0 Å². The number of ketones is 1. The second-order valence-corrected chi connectivity index (χ2v) is 7.77. The third-order valence-electron chi connectivity index (χ3n) is 6.21. The maximum atomic E-state index is 12.3. The number of aryl methyl sites for hydroxylation is 1. The molecule has 0 unspecified atom stereocenters. The minimum absolute atomic E-state index is 0.0335. The van der Waals surface area contributed by atoms with Gasteiger partial charge in [-0.2, -0.15) is 0 Å². The molecule has 31 heavy (non-hydrogen) atoms. The number of phenolic OH excluding ortho intramolecular Hbond substituents is 1. The van der Waals surface area contributed by atoms with Crippen LogP contribution in [-0.4, -0.2) is 45.0 Å². The number of hydrogen-bond donors (Lipinski definition) is 1. The molecule has 2 aromatic heterocycles. The van der Waals surface area contributed by atoms with Gasteiger partial charge in [0, 0.05) is 29.6 Å². The van der Waals surface area contributed by atoms with Gasteiger partial charge in [-0.1, -0.05) is 20.8 Å². The number of phenols is 1. The molecule has 4 aromatic rings. The number of carbonyl (C=O) groups excluding carboxylic acids is 1. The van der Waals surface area contributed by atoms with Crippen LogP contribution in [0, 0.1) is 0 Å². The predicted molar refractivity (Wildman–Crippen MR) is 124 cm³/mol. The second kappa shape index (κ2) is 8.55. The van der Waals surface area contributed by atoms with E-state index in [0.29, 0.717) is 23.4 Å². The number of Topliss-reactive ketones (excluding diaryl/α,β-unsaturated/α-hetero) is 1. The summed E-state index contributed by atoms with van der Waals surface area (Å²) in [5.74, 6) is 0.553. The van der Waals surface area contributed by atoms with Crippen molar-refractivity contribution in [2.75, 3.05) is 19.6 Å². The van der Waals surface area contributed by atoms with E-state index < -0.39 is 0 Å². The van der Waals surface area contributed by atoms with Gasteiger partial charge in [0.15, 0.2) is 5.78 Å². The average molecular weight is 420 g/mol. The molecular formula is C25H29N3O3. The first-order chi connectivity index (χ1) is 15.0. The molecule has 0 spiro atoms. The Labute approximate surface area is 182 Å². The van der Waals surface area contributed by atoms with Crippen LogP contribution in [-0.2, 0) is 13.0 Å². The van der Waals surface area contributed by atoms with Gasteiger partial charge < -0.3 is 19.0 Å². The van der Waals surface area contributed by atoms with Gasteiger partial charge in [-0.15, -0.1) is 0 Å². The molecule has 0 saturated heterocycles. The highest BCUT2D eigenvalue weighted by molar-refractivity contribution is 6.16. The van der Waals surface area contributed by atoms with Crippen molar-refractivity contribution < 1.29 is 14.3 Å². The number of rotatable bonds is 8. The number of nitrogens with zero attached hydrogens (tertiary/aromatic N) is 3. The van der Waals surface area contributed by atoms with Crippen molar-refractivity contribution in [2.24, 2.45) is 0 Å². The molecule has 1 N–H and O–H groups in total. The van der Waals surface area contributed by atoms with Crippen LogP contribution in [0.5, 0.6) is 5.75 Å². The summed E-state index contributed by atoms with van der Waals surface area (Å²) in [6.07, 6.45) is 3.76. The molecule has 2 aromatic carbocycles. The Morgan fingerprint density at radius 1 is 1.10 bits per heavy atom. The highest BCUT2D eigenvalue weighted by atomic mass is 16.3. The van der Waals surface area contributed by atoms with E-state index in [0.717, 1.165) is 53.5 Å². The Balaban J connectivity index is 2.05. The number of aromatic nitrogens is 2. The molecule has 6 nitrogen and oxygen atoms in total. The van der Waals surface area contributed by atoms with Crippen LogP contribution in [0.25, 0.3) is 33.3 Å². The van der Waals surface area contributed by atoms with Crippen LogP contribution in [0.3, 0.4) is 0 Å². The molecule has 2 heterocycles. The summed E-state index contributed by atoms with van der Waals surface area (Å²) in [5, 5.41) is 13.0. The smallest absolute Gasteiger partial charge is 0.229 e. The van der Waals surface area contributed by atoms with Crippen LogP contribution in [0.2, 0.25) is 0 Å². The van der Waals surface area contributed by atoms with Gasteiger partial charge in [0.25, 0.3) is 0 Å². The molecule has 6 heteroatoms. The van der Waals surface area contributed by atoms with Crippen molar-refractivity contribution in [3.8, 4) is 17.2 Å². The van der Waals surface area contributed by atoms with E-state index in [9.17, 15) is 9.90 Å². The predicted octanol–water partition coefficient (Wildman–Crippen LogP) is 5.26. The van der Waals surface area contributed by atoms with E-state index >= 15 is 0 Å². The Kier molecular flexibility index (Phi) is 5.83. The van der Waals surface area contributed by atoms with E-state index in [-0.39, 0.29) is 11.5 Å². The van der Waals surface area contributed by atoms with Crippen molar-refractivity contribution >= 4 is 27.6 Å². The van der Waals surface area contributed by atoms with Gasteiger partial charge in [-0.3, -0.25) is 4.79 Å². The third kappa shape index (κ3) is 3.51. The van der Waals surface area contributed by atoms with Gasteiger partial charge in [-0.05, 0) is 56.3 Å². The molecule has 4 rings (SSSR count). The first-order valence-electron chi connectivity index (χ1n) is 10.9. The molecule has 0 aliphatic heterocycles. The monoisotopic (exact) mass is 419 g/mol. The minimum Gasteiger partial charge on any atom is -0.506 e. The van der Waals surface area contributed by atoms with Gasteiger partial charge in [-0.25, -0.2) is 4.98 Å². The second-order valence-electron chi connectivity index (χ2n) is 7.77. The number of hydrogen-bond acceptors (Lipinski definition) is 5. The summed E-state index contributed by atoms with van der Waals surface area (Å²) in [5.41, 5.74) is 4.21. The van der Waals surface area contributed by atoms with Crippen molar-refractivity contribution in [2.45, 2.75) is 40.7 Å². The number of carbonyl (C=O) groups is 1. The zero-order valence-corrected chi connectivity index (χ0v) is 18.6. The zero-order valence-electron chi connectivity index (χ0n) is 18.6. The molecule has 0 atom stereocenters. The van der Waals surface area contributed by atoms with Crippen LogP contribution < -0.4 is 0 Å². The fourth-order valence-corrected chi connectivity index (χ4v) is 4.57. The molecular weight excluding hydrogens is 390 g/mol. The molecule has 0 saturated carbocycles. The standard InChI is InChI=1S/C25H29N3O3/c1-5-17-18(16(4)29)8-10-20-22(17)23-21(28(20)14-13-27(6-2)7-3)11-9-19(24(23)30)25-26-12-15-31-25/h8-12,15,30H,5-7,13-14H2,1-4H3. The number of oxazole rings is 1. The van der Waals surface area contributed by atoms with Crippen LogP contribution in [0.1, 0.15) is 43.6 Å². The lowest BCUT2D eigenvalue weighted by Crippen LogP contribution is -2.26. The Bertz CT molecular complexity index is 1230. The maximum Gasteiger partial charge on any atom is 0.229 e. The van der Waals surface area contributed by atoms with Crippen LogP contribution in [0.4, 0.5) is 0 Å².